The van der Waals surface area contributed by atoms with Crippen molar-refractivity contribution in [1.82, 2.24) is 0 Å². The zero-order chi connectivity index (χ0) is 25.7. The van der Waals surface area contributed by atoms with Gasteiger partial charge in [0.15, 0.2) is 5.78 Å². The van der Waals surface area contributed by atoms with Gasteiger partial charge in [0.1, 0.15) is 4.33 Å². The van der Waals surface area contributed by atoms with Crippen molar-refractivity contribution in [3.05, 3.63) is 90.9 Å². The number of amides is 1. The second kappa shape index (κ2) is 10.0. The molecule has 182 valence electrons. The van der Waals surface area contributed by atoms with Crippen LogP contribution in [0.3, 0.4) is 0 Å². The molecule has 0 aromatic heterocycles. The van der Waals surface area contributed by atoms with Crippen molar-refractivity contribution in [2.45, 2.75) is 23.6 Å². The number of hydrogen-bond acceptors (Lipinski definition) is 3. The predicted octanol–water partition coefficient (Wildman–Crippen LogP) is 8.14. The smallest absolute Gasteiger partial charge is 0.231 e. The standard InChI is InChI=1S/C25H18Cl6N2O2/c1-11-6-14(32)3-2-12(11)9-20(34)16-10-15(4-5-17(16)26)33-24(35)22-21(25(22,30)31)13-7-18(27)23(29)19(28)8-13/h2-8,10,21-22H,9,32H2,1H3,(H,33,35)/t21-,22+/m0/s1. The summed E-state index contributed by atoms with van der Waals surface area (Å²) in [5.74, 6) is -1.93. The molecule has 0 aliphatic heterocycles. The lowest BCUT2D eigenvalue weighted by molar-refractivity contribution is -0.117. The molecule has 0 unspecified atom stereocenters. The quantitative estimate of drug-likeness (QED) is 0.132. The van der Waals surface area contributed by atoms with Crippen LogP contribution in [0.2, 0.25) is 20.1 Å². The SMILES string of the molecule is Cc1cc(N)ccc1CC(=O)c1cc(NC(=O)[C@H]2[C@H](c3cc(Cl)c(Cl)c(Cl)c3)C2(Cl)Cl)ccc1Cl. The molecule has 1 saturated carbocycles. The molecule has 0 radical (unpaired) electrons. The molecule has 1 amide bonds. The molecule has 3 aromatic rings. The molecule has 4 rings (SSSR count). The van der Waals surface area contributed by atoms with E-state index >= 15 is 0 Å². The largest absolute Gasteiger partial charge is 0.399 e. The molecule has 0 spiro atoms. The molecule has 0 saturated heterocycles. The minimum Gasteiger partial charge on any atom is -0.399 e. The Hall–Kier alpha value is -1.66. The number of ketones is 1. The van der Waals surface area contributed by atoms with E-state index in [1.807, 2.05) is 13.0 Å². The highest BCUT2D eigenvalue weighted by atomic mass is 35.5. The first-order chi connectivity index (χ1) is 16.4. The lowest BCUT2D eigenvalue weighted by Crippen LogP contribution is -2.17. The zero-order valence-electron chi connectivity index (χ0n) is 18.1. The summed E-state index contributed by atoms with van der Waals surface area (Å²) in [4.78, 5) is 26.0. The number of nitrogen functional groups attached to an aromatic ring is 1. The maximum Gasteiger partial charge on any atom is 0.231 e. The van der Waals surface area contributed by atoms with Crippen molar-refractivity contribution in [3.8, 4) is 0 Å². The number of nitrogens with one attached hydrogen (secondary N) is 1. The van der Waals surface area contributed by atoms with Crippen molar-refractivity contribution in [2.75, 3.05) is 11.1 Å². The number of alkyl halides is 2. The van der Waals surface area contributed by atoms with Crippen molar-refractivity contribution in [2.24, 2.45) is 5.92 Å². The number of rotatable bonds is 6. The molecule has 4 nitrogen and oxygen atoms in total. The second-order valence-corrected chi connectivity index (χ2v) is 11.4. The van der Waals surface area contributed by atoms with E-state index in [0.29, 0.717) is 16.9 Å². The van der Waals surface area contributed by atoms with Crippen molar-refractivity contribution in [1.29, 1.82) is 0 Å². The third-order valence-corrected chi connectivity index (χ3v) is 8.42. The molecule has 1 aliphatic carbocycles. The van der Waals surface area contributed by atoms with Crippen LogP contribution in [0.4, 0.5) is 11.4 Å². The molecule has 1 fully saturated rings. The van der Waals surface area contributed by atoms with Gasteiger partial charge in [-0.1, -0.05) is 52.5 Å². The number of Topliss-reactive ketones (excluding diaryl/α,β-unsaturated/α-hetero) is 1. The Bertz CT molecular complexity index is 1330. The highest BCUT2D eigenvalue weighted by Crippen LogP contribution is 2.65. The average molecular weight is 591 g/mol. The Kier molecular flexibility index (Phi) is 7.55. The van der Waals surface area contributed by atoms with Gasteiger partial charge in [0, 0.05) is 29.3 Å². The number of benzene rings is 3. The van der Waals surface area contributed by atoms with Crippen LogP contribution in [0.15, 0.2) is 48.5 Å². The first-order valence-electron chi connectivity index (χ1n) is 10.4. The van der Waals surface area contributed by atoms with E-state index in [1.165, 1.54) is 6.07 Å². The molecule has 1 aliphatic rings. The third kappa shape index (κ3) is 5.39. The Labute approximate surface area is 232 Å². The summed E-state index contributed by atoms with van der Waals surface area (Å²) in [6.07, 6.45) is 0.137. The van der Waals surface area contributed by atoms with Crippen molar-refractivity contribution >= 4 is 92.7 Å². The lowest BCUT2D eigenvalue weighted by atomic mass is 9.98. The number of halogens is 6. The van der Waals surface area contributed by atoms with E-state index < -0.39 is 22.1 Å². The predicted molar refractivity (Wildman–Crippen MR) is 146 cm³/mol. The second-order valence-electron chi connectivity index (χ2n) is 8.40. The topological polar surface area (TPSA) is 72.2 Å². The fourth-order valence-electron chi connectivity index (χ4n) is 4.04. The maximum absolute atomic E-state index is 13.0. The Morgan fingerprint density at radius 3 is 2.23 bits per heavy atom. The summed E-state index contributed by atoms with van der Waals surface area (Å²) in [6, 6.07) is 13.2. The van der Waals surface area contributed by atoms with Crippen LogP contribution >= 0.6 is 69.6 Å². The molecule has 0 heterocycles. The van der Waals surface area contributed by atoms with Gasteiger partial charge < -0.3 is 11.1 Å². The van der Waals surface area contributed by atoms with E-state index in [1.54, 1.807) is 36.4 Å². The maximum atomic E-state index is 13.0. The zero-order valence-corrected chi connectivity index (χ0v) is 22.7. The van der Waals surface area contributed by atoms with E-state index in [2.05, 4.69) is 5.32 Å². The number of hydrogen-bond donors (Lipinski definition) is 2. The summed E-state index contributed by atoms with van der Waals surface area (Å²) >= 11 is 37.4. The number of carbonyl (C=O) groups excluding carboxylic acids is 2. The summed E-state index contributed by atoms with van der Waals surface area (Å²) in [6.45, 7) is 1.88. The first-order valence-corrected chi connectivity index (χ1v) is 12.7. The van der Waals surface area contributed by atoms with Gasteiger partial charge >= 0.3 is 0 Å². The van der Waals surface area contributed by atoms with Gasteiger partial charge in [0.25, 0.3) is 0 Å². The summed E-state index contributed by atoms with van der Waals surface area (Å²) in [5.41, 5.74) is 9.43. The van der Waals surface area contributed by atoms with Crippen LogP contribution < -0.4 is 11.1 Å². The third-order valence-electron chi connectivity index (χ3n) is 5.95. The highest BCUT2D eigenvalue weighted by Gasteiger charge is 2.67. The molecule has 10 heteroatoms. The molecule has 3 aromatic carbocycles. The molecular weight excluding hydrogens is 573 g/mol. The van der Waals surface area contributed by atoms with Gasteiger partial charge in [-0.15, -0.1) is 23.2 Å². The molecule has 35 heavy (non-hydrogen) atoms. The van der Waals surface area contributed by atoms with Crippen LogP contribution in [0.25, 0.3) is 0 Å². The van der Waals surface area contributed by atoms with Gasteiger partial charge in [0.2, 0.25) is 5.91 Å². The monoisotopic (exact) mass is 588 g/mol. The van der Waals surface area contributed by atoms with Crippen molar-refractivity contribution < 1.29 is 9.59 Å². The van der Waals surface area contributed by atoms with E-state index in [9.17, 15) is 9.59 Å². The minimum atomic E-state index is -1.36. The van der Waals surface area contributed by atoms with E-state index in [0.717, 1.165) is 11.1 Å². The van der Waals surface area contributed by atoms with Crippen LogP contribution in [0, 0.1) is 12.8 Å². The summed E-state index contributed by atoms with van der Waals surface area (Å²) < 4.78 is -1.36. The van der Waals surface area contributed by atoms with Crippen molar-refractivity contribution in [3.63, 3.8) is 0 Å². The molecule has 2 atom stereocenters. The van der Waals surface area contributed by atoms with Gasteiger partial charge in [-0.3, -0.25) is 9.59 Å². The Balaban J connectivity index is 1.52. The fourth-order valence-corrected chi connectivity index (χ4v) is 5.71. The number of anilines is 2. The van der Waals surface area contributed by atoms with Crippen LogP contribution in [-0.2, 0) is 11.2 Å². The first kappa shape index (κ1) is 26.4. The molecular formula is C25H18Cl6N2O2. The van der Waals surface area contributed by atoms with Crippen LogP contribution in [-0.4, -0.2) is 16.0 Å². The Morgan fingerprint density at radius 2 is 1.60 bits per heavy atom. The number of nitrogens with two attached hydrogens (primary N) is 1. The van der Waals surface area contributed by atoms with Gasteiger partial charge in [0.05, 0.1) is 26.0 Å². The highest BCUT2D eigenvalue weighted by molar-refractivity contribution is 6.54. The molecule has 0 bridgehead atoms. The van der Waals surface area contributed by atoms with E-state index in [-0.39, 0.29) is 37.9 Å². The Morgan fingerprint density at radius 1 is 0.943 bits per heavy atom. The minimum absolute atomic E-state index is 0.137. The summed E-state index contributed by atoms with van der Waals surface area (Å²) in [5, 5.41) is 3.74. The van der Waals surface area contributed by atoms with Gasteiger partial charge in [-0.05, 0) is 66.1 Å². The number of aryl methyl sites for hydroxylation is 1. The van der Waals surface area contributed by atoms with Gasteiger partial charge in [-0.25, -0.2) is 0 Å². The van der Waals surface area contributed by atoms with Crippen LogP contribution in [0.5, 0.6) is 0 Å². The lowest BCUT2D eigenvalue weighted by Gasteiger charge is -2.11. The normalized spacial score (nSPS) is 18.3. The van der Waals surface area contributed by atoms with Crippen LogP contribution in [0.1, 0.15) is 33.0 Å². The average Bonchev–Trinajstić information content (AvgIpc) is 3.37. The van der Waals surface area contributed by atoms with Gasteiger partial charge in [-0.2, -0.15) is 0 Å². The van der Waals surface area contributed by atoms with E-state index in [4.69, 9.17) is 75.3 Å². The molecule has 3 N–H and O–H groups in total. The number of carbonyl (C=O) groups is 2. The fraction of sp³-hybridized carbons (Fsp3) is 0.200. The summed E-state index contributed by atoms with van der Waals surface area (Å²) in [7, 11) is 0.